The first-order valence-corrected chi connectivity index (χ1v) is 9.85. The van der Waals surface area contributed by atoms with E-state index in [4.69, 9.17) is 4.74 Å². The highest BCUT2D eigenvalue weighted by molar-refractivity contribution is 6.37. The minimum absolute atomic E-state index is 0.0535. The maximum atomic E-state index is 13.3. The molecule has 158 valence electrons. The molecule has 0 fully saturated rings. The molecule has 7 nitrogen and oxygen atoms in total. The fourth-order valence-electron chi connectivity index (χ4n) is 3.23. The zero-order valence-electron chi connectivity index (χ0n) is 17.0. The molecule has 0 saturated carbocycles. The number of nitro benzene ring substituents is 1. The van der Waals surface area contributed by atoms with Gasteiger partial charge >= 0.3 is 0 Å². The molecule has 3 aromatic rings. The Hall–Kier alpha value is -4.52. The molecule has 0 saturated heterocycles. The predicted octanol–water partition coefficient (Wildman–Crippen LogP) is 4.99. The van der Waals surface area contributed by atoms with Gasteiger partial charge in [0.15, 0.2) is 0 Å². The van der Waals surface area contributed by atoms with E-state index in [9.17, 15) is 14.9 Å². The summed E-state index contributed by atoms with van der Waals surface area (Å²) in [6.45, 7) is 4.04. The molecule has 7 heteroatoms. The van der Waals surface area contributed by atoms with Crippen molar-refractivity contribution in [1.29, 1.82) is 0 Å². The summed E-state index contributed by atoms with van der Waals surface area (Å²) in [4.78, 5) is 23.8. The van der Waals surface area contributed by atoms with Crippen LogP contribution < -0.4 is 9.75 Å². The number of anilines is 1. The van der Waals surface area contributed by atoms with Crippen LogP contribution in [0.5, 0.6) is 5.75 Å². The highest BCUT2D eigenvalue weighted by atomic mass is 16.6. The van der Waals surface area contributed by atoms with Gasteiger partial charge in [-0.1, -0.05) is 55.1 Å². The van der Waals surface area contributed by atoms with Crippen molar-refractivity contribution in [3.8, 4) is 5.75 Å². The predicted molar refractivity (Wildman–Crippen MR) is 124 cm³/mol. The van der Waals surface area contributed by atoms with E-state index in [2.05, 4.69) is 11.7 Å². The van der Waals surface area contributed by atoms with Crippen molar-refractivity contribution < 1.29 is 14.5 Å². The van der Waals surface area contributed by atoms with Crippen LogP contribution in [-0.2, 0) is 4.79 Å². The molecule has 4 rings (SSSR count). The number of hydrogen-bond donors (Lipinski definition) is 0. The molecular formula is C25H19N3O4. The number of carbonyl (C=O) groups is 1. The highest BCUT2D eigenvalue weighted by Crippen LogP contribution is 2.29. The smallest absolute Gasteiger partial charge is 0.281 e. The van der Waals surface area contributed by atoms with Gasteiger partial charge in [-0.05, 0) is 35.9 Å². The molecule has 0 bridgehead atoms. The van der Waals surface area contributed by atoms with Gasteiger partial charge in [0.1, 0.15) is 18.1 Å². The molecule has 0 radical (unpaired) electrons. The van der Waals surface area contributed by atoms with E-state index in [0.717, 1.165) is 11.1 Å². The molecule has 0 aliphatic carbocycles. The molecule has 1 aliphatic rings. The normalized spacial score (nSPS) is 14.4. The second kappa shape index (κ2) is 9.09. The van der Waals surface area contributed by atoms with Gasteiger partial charge < -0.3 is 4.74 Å². The summed E-state index contributed by atoms with van der Waals surface area (Å²) in [5, 5.41) is 16.8. The van der Waals surface area contributed by atoms with E-state index in [1.54, 1.807) is 12.2 Å². The minimum Gasteiger partial charge on any atom is -0.490 e. The molecule has 3 aromatic carbocycles. The van der Waals surface area contributed by atoms with E-state index >= 15 is 0 Å². The van der Waals surface area contributed by atoms with Crippen LogP contribution in [0.25, 0.3) is 6.08 Å². The molecule has 0 N–H and O–H groups in total. The van der Waals surface area contributed by atoms with Gasteiger partial charge in [0.2, 0.25) is 0 Å². The summed E-state index contributed by atoms with van der Waals surface area (Å²) < 4.78 is 5.51. The molecule has 0 aromatic heterocycles. The Morgan fingerprint density at radius 3 is 2.31 bits per heavy atom. The van der Waals surface area contributed by atoms with Gasteiger partial charge in [-0.25, -0.2) is 0 Å². The van der Waals surface area contributed by atoms with Crippen LogP contribution in [0.2, 0.25) is 0 Å². The summed E-state index contributed by atoms with van der Waals surface area (Å²) in [5.74, 6) is 0.388. The van der Waals surface area contributed by atoms with Crippen molar-refractivity contribution in [3.63, 3.8) is 0 Å². The Kier molecular flexibility index (Phi) is 5.89. The molecular weight excluding hydrogens is 406 g/mol. The van der Waals surface area contributed by atoms with Gasteiger partial charge in [0, 0.05) is 17.7 Å². The Labute approximate surface area is 184 Å². The fourth-order valence-corrected chi connectivity index (χ4v) is 3.23. The number of benzene rings is 3. The number of rotatable bonds is 7. The maximum Gasteiger partial charge on any atom is 0.281 e. The number of nitro groups is 1. The molecule has 0 atom stereocenters. The van der Waals surface area contributed by atoms with Gasteiger partial charge in [-0.15, -0.1) is 0 Å². The number of carbonyl (C=O) groups excluding carboxylic acids is 1. The maximum absolute atomic E-state index is 13.3. The number of ether oxygens (including phenoxy) is 1. The van der Waals surface area contributed by atoms with Gasteiger partial charge in [0.05, 0.1) is 16.2 Å². The van der Waals surface area contributed by atoms with Gasteiger partial charge in [-0.3, -0.25) is 14.9 Å². The molecule has 0 spiro atoms. The Bertz CT molecular complexity index is 1210. The Balaban J connectivity index is 1.71. The van der Waals surface area contributed by atoms with Crippen LogP contribution in [0, 0.1) is 10.1 Å². The number of nitrogens with zero attached hydrogens (tertiary/aromatic N) is 3. The first-order chi connectivity index (χ1) is 15.6. The Morgan fingerprint density at radius 1 is 1.00 bits per heavy atom. The molecule has 1 amide bonds. The average molecular weight is 425 g/mol. The second-order valence-electron chi connectivity index (χ2n) is 6.93. The third-order valence-corrected chi connectivity index (χ3v) is 4.79. The average Bonchev–Trinajstić information content (AvgIpc) is 3.15. The summed E-state index contributed by atoms with van der Waals surface area (Å²) >= 11 is 0. The second-order valence-corrected chi connectivity index (χ2v) is 6.93. The number of non-ortho nitro benzene ring substituents is 1. The van der Waals surface area contributed by atoms with Crippen molar-refractivity contribution in [2.24, 2.45) is 5.10 Å². The molecule has 32 heavy (non-hydrogen) atoms. The topological polar surface area (TPSA) is 85.0 Å². The van der Waals surface area contributed by atoms with Crippen molar-refractivity contribution in [2.75, 3.05) is 11.6 Å². The SMILES string of the molecule is C=CCOc1ccc(/C=C2/C(=O)N(c3ccc([N+](=O)[O-])cc3)N=C2c2ccccc2)cc1. The fraction of sp³-hybridized carbons (Fsp3) is 0.0400. The molecule has 1 aliphatic heterocycles. The number of amides is 1. The summed E-state index contributed by atoms with van der Waals surface area (Å²) in [5.41, 5.74) is 2.96. The highest BCUT2D eigenvalue weighted by Gasteiger charge is 2.32. The quantitative estimate of drug-likeness (QED) is 0.231. The third kappa shape index (κ3) is 4.32. The lowest BCUT2D eigenvalue weighted by molar-refractivity contribution is -0.384. The van der Waals surface area contributed by atoms with Crippen molar-refractivity contribution >= 4 is 29.1 Å². The zero-order chi connectivity index (χ0) is 22.5. The first-order valence-electron chi connectivity index (χ1n) is 9.85. The van der Waals surface area contributed by atoms with E-state index in [-0.39, 0.29) is 11.6 Å². The van der Waals surface area contributed by atoms with Crippen LogP contribution in [0.4, 0.5) is 11.4 Å². The number of hydrogen-bond acceptors (Lipinski definition) is 5. The van der Waals surface area contributed by atoms with E-state index < -0.39 is 4.92 Å². The van der Waals surface area contributed by atoms with Crippen molar-refractivity contribution in [2.45, 2.75) is 0 Å². The zero-order valence-corrected chi connectivity index (χ0v) is 17.0. The summed E-state index contributed by atoms with van der Waals surface area (Å²) in [7, 11) is 0. The number of hydrazone groups is 1. The molecule has 0 unspecified atom stereocenters. The van der Waals surface area contributed by atoms with Gasteiger partial charge in [-0.2, -0.15) is 10.1 Å². The van der Waals surface area contributed by atoms with Crippen LogP contribution in [0.15, 0.2) is 102 Å². The molecule has 1 heterocycles. The lowest BCUT2D eigenvalue weighted by Crippen LogP contribution is -2.21. The van der Waals surface area contributed by atoms with E-state index in [1.165, 1.54) is 29.3 Å². The largest absolute Gasteiger partial charge is 0.490 e. The summed E-state index contributed by atoms with van der Waals surface area (Å²) in [6, 6.07) is 22.5. The van der Waals surface area contributed by atoms with Crippen LogP contribution in [0.3, 0.4) is 0 Å². The van der Waals surface area contributed by atoms with E-state index in [1.807, 2.05) is 54.6 Å². The first kappa shape index (κ1) is 20.7. The van der Waals surface area contributed by atoms with Crippen molar-refractivity contribution in [3.05, 3.63) is 118 Å². The van der Waals surface area contributed by atoms with Crippen LogP contribution >= 0.6 is 0 Å². The summed E-state index contributed by atoms with van der Waals surface area (Å²) in [6.07, 6.45) is 3.44. The van der Waals surface area contributed by atoms with Crippen LogP contribution in [0.1, 0.15) is 11.1 Å². The van der Waals surface area contributed by atoms with Crippen molar-refractivity contribution in [1.82, 2.24) is 0 Å². The lowest BCUT2D eigenvalue weighted by Gasteiger charge is -2.11. The third-order valence-electron chi connectivity index (χ3n) is 4.79. The van der Waals surface area contributed by atoms with Gasteiger partial charge in [0.25, 0.3) is 11.6 Å². The lowest BCUT2D eigenvalue weighted by atomic mass is 10.0. The monoisotopic (exact) mass is 425 g/mol. The van der Waals surface area contributed by atoms with Crippen LogP contribution in [-0.4, -0.2) is 23.1 Å². The standard InChI is InChI=1S/C25H19N3O4/c1-2-16-32-22-14-8-18(9-15-22)17-23-24(19-6-4-3-5-7-19)26-27(25(23)29)20-10-12-21(13-11-20)28(30)31/h2-15,17H,1,16H2/b23-17+. The van der Waals surface area contributed by atoms with E-state index in [0.29, 0.717) is 29.3 Å². The Morgan fingerprint density at radius 2 is 1.69 bits per heavy atom. The minimum atomic E-state index is -0.484.